The number of rotatable bonds is 6. The van der Waals surface area contributed by atoms with Gasteiger partial charge < -0.3 is 10.1 Å². The number of nitrogens with zero attached hydrogens (tertiary/aromatic N) is 5. The van der Waals surface area contributed by atoms with Crippen molar-refractivity contribution in [3.8, 4) is 12.1 Å². The number of fused-ring (bicyclic) bond motifs is 1. The molecular weight excluding hydrogens is 382 g/mol. The summed E-state index contributed by atoms with van der Waals surface area (Å²) in [4.78, 5) is 20.0. The molecule has 29 heavy (non-hydrogen) atoms. The topological polar surface area (TPSA) is 106 Å². The van der Waals surface area contributed by atoms with Crippen molar-refractivity contribution in [3.63, 3.8) is 0 Å². The number of methoxy groups -OCH3 is 1. The summed E-state index contributed by atoms with van der Waals surface area (Å²) < 4.78 is 33.4. The molecule has 2 unspecified atom stereocenters. The zero-order chi connectivity index (χ0) is 21.2. The van der Waals surface area contributed by atoms with E-state index in [1.165, 1.54) is 19.5 Å². The normalized spacial score (nSPS) is 13.5. The maximum absolute atomic E-state index is 13.4. The fourth-order valence-electron chi connectivity index (χ4n) is 2.98. The first kappa shape index (κ1) is 20.1. The number of hydrogen-bond donors (Lipinski definition) is 1. The molecule has 1 amide bonds. The highest BCUT2D eigenvalue weighted by atomic mass is 19.3. The van der Waals surface area contributed by atoms with Gasteiger partial charge in [-0.2, -0.15) is 19.1 Å². The molecule has 150 valence electrons. The van der Waals surface area contributed by atoms with Crippen molar-refractivity contribution in [1.82, 2.24) is 25.1 Å². The number of carbonyl (C=O) groups is 1. The molecule has 0 aliphatic carbocycles. The minimum Gasteiger partial charge on any atom is -0.467 e. The monoisotopic (exact) mass is 400 g/mol. The molecule has 2 atom stereocenters. The molecule has 3 rings (SSSR count). The van der Waals surface area contributed by atoms with Crippen LogP contribution in [0.3, 0.4) is 0 Å². The predicted octanol–water partition coefficient (Wildman–Crippen LogP) is 2.46. The second kappa shape index (κ2) is 7.79. The summed E-state index contributed by atoms with van der Waals surface area (Å²) in [6, 6.07) is 5.76. The Morgan fingerprint density at radius 3 is 2.59 bits per heavy atom. The van der Waals surface area contributed by atoms with Gasteiger partial charge in [0, 0.05) is 30.3 Å². The number of alkyl halides is 2. The first-order valence-electron chi connectivity index (χ1n) is 8.66. The first-order chi connectivity index (χ1) is 13.7. The van der Waals surface area contributed by atoms with Crippen LogP contribution in [0, 0.1) is 11.3 Å². The molecule has 0 aliphatic rings. The number of amides is 1. The van der Waals surface area contributed by atoms with Gasteiger partial charge in [-0.1, -0.05) is 0 Å². The van der Waals surface area contributed by atoms with Crippen LogP contribution < -0.4 is 10.1 Å². The molecule has 2 aromatic heterocycles. The van der Waals surface area contributed by atoms with Crippen molar-refractivity contribution in [2.75, 3.05) is 7.11 Å². The van der Waals surface area contributed by atoms with Crippen LogP contribution in [0.5, 0.6) is 6.01 Å². The lowest BCUT2D eigenvalue weighted by Crippen LogP contribution is -2.46. The maximum atomic E-state index is 13.4. The number of benzene rings is 1. The van der Waals surface area contributed by atoms with Crippen LogP contribution in [0.4, 0.5) is 8.78 Å². The molecule has 3 aromatic rings. The third kappa shape index (κ3) is 4.13. The van der Waals surface area contributed by atoms with Crippen LogP contribution in [0.1, 0.15) is 31.0 Å². The largest absolute Gasteiger partial charge is 0.467 e. The van der Waals surface area contributed by atoms with Gasteiger partial charge in [0.2, 0.25) is 0 Å². The van der Waals surface area contributed by atoms with Crippen LogP contribution in [-0.4, -0.2) is 44.7 Å². The van der Waals surface area contributed by atoms with E-state index in [1.807, 2.05) is 0 Å². The van der Waals surface area contributed by atoms with Crippen molar-refractivity contribution in [2.45, 2.75) is 31.9 Å². The number of nitrogens with one attached hydrogen (secondary N) is 1. The van der Waals surface area contributed by atoms with E-state index in [0.717, 1.165) is 0 Å². The van der Waals surface area contributed by atoms with E-state index in [0.29, 0.717) is 29.0 Å². The third-order valence-corrected chi connectivity index (χ3v) is 4.39. The van der Waals surface area contributed by atoms with Crippen LogP contribution in [0.15, 0.2) is 36.8 Å². The highest BCUT2D eigenvalue weighted by molar-refractivity contribution is 5.83. The molecule has 0 spiro atoms. The van der Waals surface area contributed by atoms with Crippen molar-refractivity contribution in [3.05, 3.63) is 47.9 Å². The predicted molar refractivity (Wildman–Crippen MR) is 99.4 cm³/mol. The van der Waals surface area contributed by atoms with E-state index in [1.54, 1.807) is 36.0 Å². The minimum absolute atomic E-state index is 0.147. The number of ether oxygens (including phenoxy) is 1. The lowest BCUT2D eigenvalue weighted by molar-refractivity contribution is -0.143. The van der Waals surface area contributed by atoms with E-state index in [-0.39, 0.29) is 6.01 Å². The standard InChI is InChI=1S/C19H18F2N6O2/c1-11(26-17(28)19(2,20)21)16(14-8-23-18(29-3)24-9-14)27-15-5-4-12(7-22)6-13(15)10-25-27/h4-6,8-11,16H,1-3H3,(H,26,28). The summed E-state index contributed by atoms with van der Waals surface area (Å²) in [7, 11) is 1.42. The Labute approximate surface area is 165 Å². The fraction of sp³-hybridized carbons (Fsp3) is 0.316. The average molecular weight is 400 g/mol. The fourth-order valence-corrected chi connectivity index (χ4v) is 2.98. The van der Waals surface area contributed by atoms with Gasteiger partial charge in [-0.05, 0) is 25.1 Å². The molecule has 0 aliphatic heterocycles. The second-order valence-electron chi connectivity index (χ2n) is 6.57. The number of halogens is 2. The van der Waals surface area contributed by atoms with E-state index in [4.69, 9.17) is 10.00 Å². The quantitative estimate of drug-likeness (QED) is 0.681. The maximum Gasteiger partial charge on any atom is 0.321 e. The molecule has 0 fully saturated rings. The molecular formula is C19H18F2N6O2. The first-order valence-corrected chi connectivity index (χ1v) is 8.66. The van der Waals surface area contributed by atoms with Crippen LogP contribution in [0.2, 0.25) is 0 Å². The van der Waals surface area contributed by atoms with Crippen molar-refractivity contribution in [2.24, 2.45) is 0 Å². The highest BCUT2D eigenvalue weighted by Gasteiger charge is 2.35. The summed E-state index contributed by atoms with van der Waals surface area (Å²) in [5, 5.41) is 16.5. The van der Waals surface area contributed by atoms with Crippen LogP contribution in [-0.2, 0) is 4.79 Å². The molecule has 0 saturated carbocycles. The molecule has 0 bridgehead atoms. The summed E-state index contributed by atoms with van der Waals surface area (Å²) >= 11 is 0. The van der Waals surface area contributed by atoms with Crippen molar-refractivity contribution in [1.29, 1.82) is 5.26 Å². The number of carbonyl (C=O) groups excluding carboxylic acids is 1. The molecule has 0 saturated heterocycles. The third-order valence-electron chi connectivity index (χ3n) is 4.39. The Morgan fingerprint density at radius 2 is 2.00 bits per heavy atom. The minimum atomic E-state index is -3.52. The molecule has 1 aromatic carbocycles. The molecule has 8 nitrogen and oxygen atoms in total. The zero-order valence-electron chi connectivity index (χ0n) is 15.9. The number of nitriles is 1. The average Bonchev–Trinajstić information content (AvgIpc) is 3.10. The van der Waals surface area contributed by atoms with Gasteiger partial charge in [-0.25, -0.2) is 9.97 Å². The van der Waals surface area contributed by atoms with E-state index in [2.05, 4.69) is 26.5 Å². The second-order valence-corrected chi connectivity index (χ2v) is 6.57. The summed E-state index contributed by atoms with van der Waals surface area (Å²) in [6.45, 7) is 2.13. The summed E-state index contributed by atoms with van der Waals surface area (Å²) in [6.07, 6.45) is 4.54. The van der Waals surface area contributed by atoms with E-state index in [9.17, 15) is 13.6 Å². The van der Waals surface area contributed by atoms with Gasteiger partial charge >= 0.3 is 11.9 Å². The van der Waals surface area contributed by atoms with E-state index >= 15 is 0 Å². The van der Waals surface area contributed by atoms with Gasteiger partial charge in [0.05, 0.1) is 36.5 Å². The number of aromatic nitrogens is 4. The smallest absolute Gasteiger partial charge is 0.321 e. The lowest BCUT2D eigenvalue weighted by atomic mass is 10.0. The Balaban J connectivity index is 2.07. The van der Waals surface area contributed by atoms with Gasteiger partial charge in [-0.3, -0.25) is 9.48 Å². The highest BCUT2D eigenvalue weighted by Crippen LogP contribution is 2.27. The molecule has 1 N–H and O–H groups in total. The Kier molecular flexibility index (Phi) is 5.41. The lowest BCUT2D eigenvalue weighted by Gasteiger charge is -2.27. The SMILES string of the molecule is COc1ncc(C(C(C)NC(=O)C(C)(F)F)n2ncc3cc(C#N)ccc32)cn1. The Morgan fingerprint density at radius 1 is 1.31 bits per heavy atom. The summed E-state index contributed by atoms with van der Waals surface area (Å²) in [5.74, 6) is -4.92. The zero-order valence-corrected chi connectivity index (χ0v) is 15.9. The molecule has 10 heteroatoms. The van der Waals surface area contributed by atoms with Gasteiger partial charge in [0.1, 0.15) is 6.04 Å². The van der Waals surface area contributed by atoms with Crippen LogP contribution >= 0.6 is 0 Å². The van der Waals surface area contributed by atoms with Gasteiger partial charge in [0.25, 0.3) is 5.91 Å². The Bertz CT molecular complexity index is 1070. The van der Waals surface area contributed by atoms with Gasteiger partial charge in [-0.15, -0.1) is 0 Å². The van der Waals surface area contributed by atoms with Crippen molar-refractivity contribution >= 4 is 16.8 Å². The number of hydrogen-bond acceptors (Lipinski definition) is 6. The molecule has 2 heterocycles. The molecule has 0 radical (unpaired) electrons. The summed E-state index contributed by atoms with van der Waals surface area (Å²) in [5.41, 5.74) is 1.66. The van der Waals surface area contributed by atoms with Crippen molar-refractivity contribution < 1.29 is 18.3 Å². The van der Waals surface area contributed by atoms with Gasteiger partial charge in [0.15, 0.2) is 0 Å². The van der Waals surface area contributed by atoms with E-state index < -0.39 is 23.9 Å². The van der Waals surface area contributed by atoms with Crippen LogP contribution in [0.25, 0.3) is 10.9 Å². The Hall–Kier alpha value is -3.61.